The largest absolute Gasteiger partial charge is 0.480 e. The van der Waals surface area contributed by atoms with Gasteiger partial charge in [0.15, 0.2) is 5.96 Å². The molecule has 0 aromatic rings. The van der Waals surface area contributed by atoms with Crippen molar-refractivity contribution in [1.29, 1.82) is 0 Å². The van der Waals surface area contributed by atoms with Crippen LogP contribution in [0.4, 0.5) is 0 Å². The van der Waals surface area contributed by atoms with E-state index >= 15 is 0 Å². The highest BCUT2D eigenvalue weighted by Gasteiger charge is 2.23. The van der Waals surface area contributed by atoms with Gasteiger partial charge in [0.25, 0.3) is 0 Å². The van der Waals surface area contributed by atoms with Gasteiger partial charge in [0, 0.05) is 13.5 Å². The quantitative estimate of drug-likeness (QED) is 0.453. The van der Waals surface area contributed by atoms with E-state index in [0.29, 0.717) is 18.9 Å². The fourth-order valence-electron chi connectivity index (χ4n) is 1.61. The van der Waals surface area contributed by atoms with Crippen molar-refractivity contribution in [3.8, 4) is 0 Å². The number of carboxylic acid groups (broad SMARTS) is 1. The molecule has 1 aliphatic rings. The van der Waals surface area contributed by atoms with Crippen LogP contribution in [0.5, 0.6) is 0 Å². The molecule has 2 unspecified atom stereocenters. The summed E-state index contributed by atoms with van der Waals surface area (Å²) < 4.78 is 0. The second kappa shape index (κ2) is 6.72. The van der Waals surface area contributed by atoms with Gasteiger partial charge >= 0.3 is 5.97 Å². The predicted octanol–water partition coefficient (Wildman–Crippen LogP) is -1.18. The standard InChI is InChI=1S/C11H18N4O4/c1-6-9(17)15-11(13-6)12-5-3-4-8(10(18)19)14-7(2)16/h6,8H,3-5H2,1-2H3,(H,14,16)(H,18,19)(H2,12,13,15,17). The Morgan fingerprint density at radius 3 is 2.68 bits per heavy atom. The van der Waals surface area contributed by atoms with E-state index in [1.54, 1.807) is 6.92 Å². The summed E-state index contributed by atoms with van der Waals surface area (Å²) in [5, 5.41) is 16.6. The van der Waals surface area contributed by atoms with Crippen molar-refractivity contribution in [2.24, 2.45) is 4.99 Å². The summed E-state index contributed by atoms with van der Waals surface area (Å²) in [6.45, 7) is 3.36. The summed E-state index contributed by atoms with van der Waals surface area (Å²) in [5.41, 5.74) is 0. The lowest BCUT2D eigenvalue weighted by molar-refractivity contribution is -0.141. The van der Waals surface area contributed by atoms with E-state index in [-0.39, 0.29) is 24.3 Å². The van der Waals surface area contributed by atoms with Gasteiger partial charge in [-0.25, -0.2) is 4.79 Å². The zero-order valence-electron chi connectivity index (χ0n) is 10.9. The van der Waals surface area contributed by atoms with Gasteiger partial charge in [0.1, 0.15) is 12.1 Å². The van der Waals surface area contributed by atoms with Gasteiger partial charge in [0.2, 0.25) is 11.8 Å². The average molecular weight is 270 g/mol. The lowest BCUT2D eigenvalue weighted by atomic mass is 10.1. The highest BCUT2D eigenvalue weighted by atomic mass is 16.4. The Hall–Kier alpha value is -2.12. The summed E-state index contributed by atoms with van der Waals surface area (Å²) in [4.78, 5) is 36.9. The molecule has 0 aromatic carbocycles. The van der Waals surface area contributed by atoms with Crippen molar-refractivity contribution >= 4 is 23.7 Å². The van der Waals surface area contributed by atoms with Crippen molar-refractivity contribution in [1.82, 2.24) is 16.0 Å². The van der Waals surface area contributed by atoms with Crippen LogP contribution < -0.4 is 16.0 Å². The van der Waals surface area contributed by atoms with Crippen molar-refractivity contribution in [3.05, 3.63) is 0 Å². The lowest BCUT2D eigenvalue weighted by Gasteiger charge is -2.12. The molecule has 0 bridgehead atoms. The molecule has 0 spiro atoms. The molecule has 106 valence electrons. The van der Waals surface area contributed by atoms with Gasteiger partial charge in [-0.2, -0.15) is 0 Å². The van der Waals surface area contributed by atoms with Crippen LogP contribution in [0.25, 0.3) is 0 Å². The van der Waals surface area contributed by atoms with Crippen LogP contribution >= 0.6 is 0 Å². The number of carbonyl (C=O) groups excluding carboxylic acids is 2. The fraction of sp³-hybridized carbons (Fsp3) is 0.636. The van der Waals surface area contributed by atoms with E-state index in [4.69, 9.17) is 5.11 Å². The number of nitrogens with one attached hydrogen (secondary N) is 3. The molecule has 1 aliphatic heterocycles. The Labute approximate surface area is 110 Å². The van der Waals surface area contributed by atoms with Gasteiger partial charge < -0.3 is 15.7 Å². The van der Waals surface area contributed by atoms with Crippen molar-refractivity contribution < 1.29 is 19.5 Å². The molecule has 0 saturated carbocycles. The van der Waals surface area contributed by atoms with Gasteiger partial charge in [-0.1, -0.05) is 0 Å². The zero-order valence-corrected chi connectivity index (χ0v) is 10.9. The Bertz CT molecular complexity index is 407. The monoisotopic (exact) mass is 270 g/mol. The minimum atomic E-state index is -1.07. The number of rotatable bonds is 6. The first-order chi connectivity index (χ1) is 8.90. The van der Waals surface area contributed by atoms with Crippen LogP contribution in [0.15, 0.2) is 4.99 Å². The molecule has 8 heteroatoms. The maximum atomic E-state index is 11.2. The number of amides is 2. The number of hydrogen-bond acceptors (Lipinski definition) is 4. The number of carboxylic acids is 1. The van der Waals surface area contributed by atoms with Crippen molar-refractivity contribution in [2.45, 2.75) is 38.8 Å². The van der Waals surface area contributed by atoms with Crippen molar-refractivity contribution in [3.63, 3.8) is 0 Å². The maximum Gasteiger partial charge on any atom is 0.326 e. The maximum absolute atomic E-state index is 11.2. The van der Waals surface area contributed by atoms with E-state index in [1.807, 2.05) is 0 Å². The number of guanidine groups is 1. The third kappa shape index (κ3) is 4.94. The molecule has 1 heterocycles. The topological polar surface area (TPSA) is 120 Å². The third-order valence-corrected chi connectivity index (χ3v) is 2.58. The molecular formula is C11H18N4O4. The van der Waals surface area contributed by atoms with Crippen LogP contribution in [-0.4, -0.2) is 47.5 Å². The van der Waals surface area contributed by atoms with Crippen molar-refractivity contribution in [2.75, 3.05) is 6.54 Å². The van der Waals surface area contributed by atoms with Crippen LogP contribution in [0.3, 0.4) is 0 Å². The van der Waals surface area contributed by atoms with E-state index in [9.17, 15) is 14.4 Å². The summed E-state index contributed by atoms with van der Waals surface area (Å²) in [6.07, 6.45) is 0.780. The molecule has 1 rings (SSSR count). The van der Waals surface area contributed by atoms with Gasteiger partial charge in [0.05, 0.1) is 0 Å². The Kier molecular flexibility index (Phi) is 5.28. The molecule has 0 aliphatic carbocycles. The van der Waals surface area contributed by atoms with E-state index in [1.165, 1.54) is 6.92 Å². The molecule has 4 N–H and O–H groups in total. The lowest BCUT2D eigenvalue weighted by Crippen LogP contribution is -2.39. The van der Waals surface area contributed by atoms with Gasteiger partial charge in [-0.05, 0) is 19.8 Å². The van der Waals surface area contributed by atoms with Crippen LogP contribution in [0.2, 0.25) is 0 Å². The fourth-order valence-corrected chi connectivity index (χ4v) is 1.61. The summed E-state index contributed by atoms with van der Waals surface area (Å²) in [5.74, 6) is -1.18. The number of aliphatic imine (C=N–C) groups is 1. The predicted molar refractivity (Wildman–Crippen MR) is 67.5 cm³/mol. The first kappa shape index (κ1) is 14.9. The number of carbonyl (C=O) groups is 3. The number of aliphatic carboxylic acids is 1. The second-order valence-electron chi connectivity index (χ2n) is 4.32. The highest BCUT2D eigenvalue weighted by Crippen LogP contribution is 1.99. The van der Waals surface area contributed by atoms with E-state index in [0.717, 1.165) is 0 Å². The highest BCUT2D eigenvalue weighted by molar-refractivity contribution is 6.06. The van der Waals surface area contributed by atoms with Crippen LogP contribution in [0, 0.1) is 0 Å². The zero-order chi connectivity index (χ0) is 14.4. The SMILES string of the molecule is CC(=O)NC(CCCN=C1NC(=O)C(C)N1)C(=O)O. The summed E-state index contributed by atoms with van der Waals surface area (Å²) >= 11 is 0. The Balaban J connectivity index is 2.33. The molecular weight excluding hydrogens is 252 g/mol. The van der Waals surface area contributed by atoms with E-state index < -0.39 is 12.0 Å². The molecule has 1 fully saturated rings. The Morgan fingerprint density at radius 1 is 1.53 bits per heavy atom. The smallest absolute Gasteiger partial charge is 0.326 e. The summed E-state index contributed by atoms with van der Waals surface area (Å²) in [6, 6.07) is -1.20. The number of nitrogens with zero attached hydrogens (tertiary/aromatic N) is 1. The molecule has 2 atom stereocenters. The summed E-state index contributed by atoms with van der Waals surface area (Å²) in [7, 11) is 0. The van der Waals surface area contributed by atoms with Gasteiger partial charge in [-0.15, -0.1) is 0 Å². The molecule has 0 radical (unpaired) electrons. The molecule has 0 aromatic heterocycles. The first-order valence-electron chi connectivity index (χ1n) is 6.02. The van der Waals surface area contributed by atoms with Crippen LogP contribution in [-0.2, 0) is 14.4 Å². The molecule has 1 saturated heterocycles. The Morgan fingerprint density at radius 2 is 2.21 bits per heavy atom. The second-order valence-corrected chi connectivity index (χ2v) is 4.32. The molecule has 19 heavy (non-hydrogen) atoms. The minimum Gasteiger partial charge on any atom is -0.480 e. The number of hydrogen-bond donors (Lipinski definition) is 4. The normalized spacial score (nSPS) is 21.7. The molecule has 8 nitrogen and oxygen atoms in total. The molecule has 2 amide bonds. The van der Waals surface area contributed by atoms with Crippen LogP contribution in [0.1, 0.15) is 26.7 Å². The van der Waals surface area contributed by atoms with Gasteiger partial charge in [-0.3, -0.25) is 19.9 Å². The van der Waals surface area contributed by atoms with E-state index in [2.05, 4.69) is 20.9 Å². The third-order valence-electron chi connectivity index (χ3n) is 2.58. The first-order valence-corrected chi connectivity index (χ1v) is 6.02. The minimum absolute atomic E-state index is 0.139. The average Bonchev–Trinajstić information content (AvgIpc) is 2.62.